The molecule has 7 heteroatoms. The van der Waals surface area contributed by atoms with Crippen molar-refractivity contribution in [2.24, 2.45) is 0 Å². The van der Waals surface area contributed by atoms with Crippen LogP contribution in [0.25, 0.3) is 10.9 Å². The number of aromatic nitrogens is 1. The Balaban J connectivity index is 1.44. The molecule has 2 aliphatic rings. The van der Waals surface area contributed by atoms with Gasteiger partial charge in [0.1, 0.15) is 12.1 Å². The molecule has 3 heterocycles. The highest BCUT2D eigenvalue weighted by atomic mass is 16.5. The van der Waals surface area contributed by atoms with Crippen LogP contribution in [0.4, 0.5) is 10.5 Å². The van der Waals surface area contributed by atoms with E-state index in [0.29, 0.717) is 23.6 Å². The second kappa shape index (κ2) is 9.17. The minimum Gasteiger partial charge on any atom is -0.462 e. The van der Waals surface area contributed by atoms with Gasteiger partial charge in [-0.25, -0.2) is 14.5 Å². The Morgan fingerprint density at radius 1 is 1.00 bits per heavy atom. The van der Waals surface area contributed by atoms with Gasteiger partial charge in [0.2, 0.25) is 0 Å². The van der Waals surface area contributed by atoms with Crippen molar-refractivity contribution < 1.29 is 19.1 Å². The van der Waals surface area contributed by atoms with Gasteiger partial charge in [0.05, 0.1) is 17.9 Å². The number of hydrogen-bond acceptors (Lipinski definition) is 4. The van der Waals surface area contributed by atoms with Gasteiger partial charge in [0, 0.05) is 23.0 Å². The maximum Gasteiger partial charge on any atom is 0.338 e. The Hall–Kier alpha value is -4.39. The molecule has 1 fully saturated rings. The highest BCUT2D eigenvalue weighted by Gasteiger charge is 2.53. The molecule has 3 amide bonds. The van der Waals surface area contributed by atoms with Crippen molar-refractivity contribution in [2.75, 3.05) is 11.5 Å². The predicted octanol–water partition coefficient (Wildman–Crippen LogP) is 5.95. The van der Waals surface area contributed by atoms with Gasteiger partial charge in [-0.1, -0.05) is 56.3 Å². The number of imide groups is 1. The number of esters is 1. The van der Waals surface area contributed by atoms with Crippen molar-refractivity contribution in [3.63, 3.8) is 0 Å². The van der Waals surface area contributed by atoms with Crippen molar-refractivity contribution in [2.45, 2.75) is 45.2 Å². The zero-order valence-electron chi connectivity index (χ0n) is 21.6. The summed E-state index contributed by atoms with van der Waals surface area (Å²) in [5.74, 6) is -0.320. The Labute approximate surface area is 221 Å². The van der Waals surface area contributed by atoms with Crippen LogP contribution in [0.2, 0.25) is 0 Å². The summed E-state index contributed by atoms with van der Waals surface area (Å²) in [7, 11) is 0. The molecule has 2 aliphatic heterocycles. The average molecular weight is 508 g/mol. The summed E-state index contributed by atoms with van der Waals surface area (Å²) in [4.78, 5) is 46.4. The molecule has 0 bridgehead atoms. The number of nitrogens with zero attached hydrogens (tertiary/aromatic N) is 2. The molecule has 7 nitrogen and oxygen atoms in total. The molecule has 0 radical (unpaired) electrons. The van der Waals surface area contributed by atoms with Crippen LogP contribution in [-0.2, 0) is 16.0 Å². The molecule has 4 aromatic rings. The standard InChI is InChI=1S/C31H29N3O4/c1-4-38-30(36)21-13-15-22(16-14-21)33-29(35)26-17-24-23-7-5-6-8-25(23)32-27(24)28(34(26)31(33)37)20-11-9-19(10-12-20)18(2)3/h5-16,18,26,28,32H,4,17H2,1-3H3/t26-,28-/m0/s1. The summed E-state index contributed by atoms with van der Waals surface area (Å²) in [6, 6.07) is 21.4. The van der Waals surface area contributed by atoms with Crippen LogP contribution in [-0.4, -0.2) is 40.4 Å². The van der Waals surface area contributed by atoms with E-state index in [4.69, 9.17) is 4.74 Å². The summed E-state index contributed by atoms with van der Waals surface area (Å²) in [6.07, 6.45) is 0.432. The number of urea groups is 1. The number of nitrogens with one attached hydrogen (secondary N) is 1. The van der Waals surface area contributed by atoms with Gasteiger partial charge >= 0.3 is 12.0 Å². The third kappa shape index (κ3) is 3.69. The zero-order valence-corrected chi connectivity index (χ0v) is 21.6. The molecule has 38 heavy (non-hydrogen) atoms. The number of fused-ring (bicyclic) bond motifs is 4. The number of ether oxygens (including phenoxy) is 1. The highest BCUT2D eigenvalue weighted by molar-refractivity contribution is 6.22. The molecular weight excluding hydrogens is 478 g/mol. The summed E-state index contributed by atoms with van der Waals surface area (Å²) in [6.45, 7) is 6.31. The van der Waals surface area contributed by atoms with Crippen molar-refractivity contribution in [1.29, 1.82) is 0 Å². The van der Waals surface area contributed by atoms with Crippen molar-refractivity contribution >= 4 is 34.5 Å². The Kier molecular flexibility index (Phi) is 5.79. The van der Waals surface area contributed by atoms with Gasteiger partial charge in [-0.05, 0) is 59.9 Å². The molecule has 2 atom stereocenters. The van der Waals surface area contributed by atoms with E-state index in [1.807, 2.05) is 18.2 Å². The first-order valence-electron chi connectivity index (χ1n) is 13.0. The molecule has 1 N–H and O–H groups in total. The first-order valence-corrected chi connectivity index (χ1v) is 13.0. The number of anilines is 1. The Morgan fingerprint density at radius 2 is 1.71 bits per heavy atom. The van der Waals surface area contributed by atoms with E-state index in [0.717, 1.165) is 27.7 Å². The molecule has 0 saturated carbocycles. The number of para-hydroxylation sites is 1. The second-order valence-electron chi connectivity index (χ2n) is 10.1. The van der Waals surface area contributed by atoms with E-state index in [2.05, 4.69) is 49.2 Å². The molecule has 192 valence electrons. The van der Waals surface area contributed by atoms with Crippen molar-refractivity contribution in [3.05, 3.63) is 101 Å². The highest BCUT2D eigenvalue weighted by Crippen LogP contribution is 2.45. The predicted molar refractivity (Wildman–Crippen MR) is 145 cm³/mol. The van der Waals surface area contributed by atoms with Crippen LogP contribution in [0.3, 0.4) is 0 Å². The number of hydrogen-bond donors (Lipinski definition) is 1. The maximum absolute atomic E-state index is 14.0. The van der Waals surface area contributed by atoms with E-state index >= 15 is 0 Å². The van der Waals surface area contributed by atoms with Gasteiger partial charge < -0.3 is 9.72 Å². The number of rotatable bonds is 5. The summed E-state index contributed by atoms with van der Waals surface area (Å²) in [5.41, 5.74) is 5.98. The molecule has 1 aromatic heterocycles. The fraction of sp³-hybridized carbons (Fsp3) is 0.258. The summed E-state index contributed by atoms with van der Waals surface area (Å²) < 4.78 is 5.06. The maximum atomic E-state index is 14.0. The first-order chi connectivity index (χ1) is 18.4. The van der Waals surface area contributed by atoms with Crippen LogP contribution in [0.1, 0.15) is 65.5 Å². The van der Waals surface area contributed by atoms with E-state index in [9.17, 15) is 14.4 Å². The number of benzene rings is 3. The lowest BCUT2D eigenvalue weighted by Gasteiger charge is -2.36. The normalized spacial score (nSPS) is 18.7. The number of H-pyrrole nitrogens is 1. The Bertz CT molecular complexity index is 1550. The molecule has 1 saturated heterocycles. The first kappa shape index (κ1) is 24.0. The van der Waals surface area contributed by atoms with E-state index in [1.54, 1.807) is 36.1 Å². The van der Waals surface area contributed by atoms with Crippen molar-refractivity contribution in [3.8, 4) is 0 Å². The lowest BCUT2D eigenvalue weighted by atomic mass is 9.88. The molecule has 0 unspecified atom stereocenters. The lowest BCUT2D eigenvalue weighted by molar-refractivity contribution is -0.120. The second-order valence-corrected chi connectivity index (χ2v) is 10.1. The Morgan fingerprint density at radius 3 is 2.39 bits per heavy atom. The molecular formula is C31H29N3O4. The molecule has 0 aliphatic carbocycles. The van der Waals surface area contributed by atoms with Crippen molar-refractivity contribution in [1.82, 2.24) is 9.88 Å². The van der Waals surface area contributed by atoms with Gasteiger partial charge in [-0.15, -0.1) is 0 Å². The minimum atomic E-state index is -0.631. The van der Waals surface area contributed by atoms with E-state index in [-0.39, 0.29) is 18.5 Å². The smallest absolute Gasteiger partial charge is 0.338 e. The van der Waals surface area contributed by atoms with E-state index in [1.165, 1.54) is 10.5 Å². The SMILES string of the molecule is CCOC(=O)c1ccc(N2C(=O)[C@@H]3Cc4c([nH]c5ccccc45)[C@H](c4ccc(C(C)C)cc4)N3C2=O)cc1. The fourth-order valence-electron chi connectivity index (χ4n) is 5.68. The third-order valence-electron chi connectivity index (χ3n) is 7.60. The number of amides is 3. The monoisotopic (exact) mass is 507 g/mol. The number of carbonyl (C=O) groups excluding carboxylic acids is 3. The lowest BCUT2D eigenvalue weighted by Crippen LogP contribution is -2.44. The molecule has 3 aromatic carbocycles. The summed E-state index contributed by atoms with van der Waals surface area (Å²) in [5, 5.41) is 1.07. The molecule has 0 spiro atoms. The quantitative estimate of drug-likeness (QED) is 0.267. The van der Waals surface area contributed by atoms with Crippen LogP contribution in [0.15, 0.2) is 72.8 Å². The van der Waals surface area contributed by atoms with Crippen LogP contribution >= 0.6 is 0 Å². The summed E-state index contributed by atoms with van der Waals surface area (Å²) >= 11 is 0. The zero-order chi connectivity index (χ0) is 26.6. The van der Waals surface area contributed by atoms with Crippen LogP contribution in [0, 0.1) is 0 Å². The topological polar surface area (TPSA) is 82.7 Å². The van der Waals surface area contributed by atoms with Crippen LogP contribution < -0.4 is 4.90 Å². The minimum absolute atomic E-state index is 0.265. The van der Waals surface area contributed by atoms with Gasteiger partial charge in [0.25, 0.3) is 5.91 Å². The number of aromatic amines is 1. The number of carbonyl (C=O) groups is 3. The van der Waals surface area contributed by atoms with Gasteiger partial charge in [0.15, 0.2) is 0 Å². The third-order valence-corrected chi connectivity index (χ3v) is 7.60. The van der Waals surface area contributed by atoms with Gasteiger partial charge in [-0.2, -0.15) is 0 Å². The van der Waals surface area contributed by atoms with Gasteiger partial charge in [-0.3, -0.25) is 9.69 Å². The fourth-order valence-corrected chi connectivity index (χ4v) is 5.68. The largest absolute Gasteiger partial charge is 0.462 e. The van der Waals surface area contributed by atoms with E-state index < -0.39 is 18.1 Å². The van der Waals surface area contributed by atoms with Crippen LogP contribution in [0.5, 0.6) is 0 Å². The molecule has 6 rings (SSSR count). The average Bonchev–Trinajstić information content (AvgIpc) is 3.42.